The number of amides is 4. The maximum Gasteiger partial charge on any atom is 0.325 e. The summed E-state index contributed by atoms with van der Waals surface area (Å²) in [4.78, 5) is 38.8. The summed E-state index contributed by atoms with van der Waals surface area (Å²) in [7, 11) is 0. The Labute approximate surface area is 167 Å². The first kappa shape index (κ1) is 19.0. The summed E-state index contributed by atoms with van der Waals surface area (Å²) in [6.45, 7) is 3.72. The molecular formula is C19H23N7O3. The van der Waals surface area contributed by atoms with Crippen LogP contribution in [0.25, 0.3) is 5.69 Å². The summed E-state index contributed by atoms with van der Waals surface area (Å²) in [5, 5.41) is 16.7. The second kappa shape index (κ2) is 7.26. The molecule has 2 aliphatic rings. The van der Waals surface area contributed by atoms with E-state index in [0.29, 0.717) is 24.4 Å². The summed E-state index contributed by atoms with van der Waals surface area (Å²) >= 11 is 0. The van der Waals surface area contributed by atoms with E-state index >= 15 is 0 Å². The van der Waals surface area contributed by atoms with Crippen molar-refractivity contribution >= 4 is 23.5 Å². The number of imide groups is 1. The molecule has 10 heteroatoms. The number of aromatic nitrogens is 4. The van der Waals surface area contributed by atoms with E-state index < -0.39 is 17.5 Å². The average Bonchev–Trinajstić information content (AvgIpc) is 3.30. The van der Waals surface area contributed by atoms with Gasteiger partial charge < -0.3 is 10.6 Å². The minimum Gasteiger partial charge on any atom is -0.324 e. The molecule has 1 aromatic carbocycles. The minimum atomic E-state index is -0.846. The highest BCUT2D eigenvalue weighted by molar-refractivity contribution is 6.10. The van der Waals surface area contributed by atoms with Crippen LogP contribution < -0.4 is 10.6 Å². The van der Waals surface area contributed by atoms with Gasteiger partial charge in [0.25, 0.3) is 5.91 Å². The monoisotopic (exact) mass is 397 g/mol. The molecular weight excluding hydrogens is 374 g/mol. The zero-order valence-electron chi connectivity index (χ0n) is 16.4. The van der Waals surface area contributed by atoms with E-state index in [4.69, 9.17) is 0 Å². The maximum absolute atomic E-state index is 12.9. The van der Waals surface area contributed by atoms with Crippen LogP contribution in [-0.2, 0) is 9.59 Å². The molecule has 10 nitrogen and oxygen atoms in total. The number of rotatable bonds is 4. The summed E-state index contributed by atoms with van der Waals surface area (Å²) < 4.78 is 1.50. The van der Waals surface area contributed by atoms with E-state index in [-0.39, 0.29) is 12.5 Å². The normalized spacial score (nSPS) is 24.1. The Balaban J connectivity index is 1.44. The number of hydrogen-bond donors (Lipinski definition) is 2. The molecule has 0 unspecified atom stereocenters. The number of carbonyl (C=O) groups excluding carboxylic acids is 3. The largest absolute Gasteiger partial charge is 0.325 e. The van der Waals surface area contributed by atoms with Crippen molar-refractivity contribution in [1.29, 1.82) is 0 Å². The molecule has 1 aromatic heterocycles. The van der Waals surface area contributed by atoms with E-state index in [1.165, 1.54) is 11.0 Å². The Morgan fingerprint density at radius 3 is 2.76 bits per heavy atom. The molecule has 2 heterocycles. The van der Waals surface area contributed by atoms with Gasteiger partial charge in [0.05, 0.1) is 5.69 Å². The Kier molecular flexibility index (Phi) is 4.77. The van der Waals surface area contributed by atoms with Crippen molar-refractivity contribution in [2.75, 3.05) is 11.9 Å². The van der Waals surface area contributed by atoms with Crippen LogP contribution in [0.15, 0.2) is 24.5 Å². The lowest BCUT2D eigenvalue weighted by atomic mass is 9.77. The highest BCUT2D eigenvalue weighted by Crippen LogP contribution is 2.36. The molecule has 0 atom stereocenters. The summed E-state index contributed by atoms with van der Waals surface area (Å²) in [6.07, 6.45) is 4.46. The first-order valence-electron chi connectivity index (χ1n) is 9.66. The van der Waals surface area contributed by atoms with Crippen LogP contribution in [0.1, 0.15) is 38.2 Å². The number of hydrogen-bond acceptors (Lipinski definition) is 6. The smallest absolute Gasteiger partial charge is 0.324 e. The molecule has 1 aliphatic heterocycles. The highest BCUT2D eigenvalue weighted by Gasteiger charge is 2.52. The van der Waals surface area contributed by atoms with Crippen LogP contribution in [0, 0.1) is 12.8 Å². The fourth-order valence-electron chi connectivity index (χ4n) is 3.96. The van der Waals surface area contributed by atoms with Crippen LogP contribution in [0.3, 0.4) is 0 Å². The number of aryl methyl sites for hydroxylation is 1. The number of anilines is 1. The van der Waals surface area contributed by atoms with Crippen molar-refractivity contribution < 1.29 is 14.4 Å². The molecule has 4 rings (SSSR count). The van der Waals surface area contributed by atoms with E-state index in [1.54, 1.807) is 12.1 Å². The van der Waals surface area contributed by atoms with Crippen LogP contribution in [0.5, 0.6) is 0 Å². The van der Waals surface area contributed by atoms with Gasteiger partial charge in [-0.1, -0.05) is 13.0 Å². The van der Waals surface area contributed by atoms with Gasteiger partial charge in [0.2, 0.25) is 5.91 Å². The van der Waals surface area contributed by atoms with Crippen molar-refractivity contribution in [2.24, 2.45) is 5.92 Å². The molecule has 1 aliphatic carbocycles. The molecule has 4 amide bonds. The molecule has 2 aromatic rings. The number of carbonyl (C=O) groups is 3. The standard InChI is InChI=1S/C19H23N7O3/c1-12-5-7-19(8-6-12)17(28)25(18(29)22-19)10-16(27)21-14-4-3-13(2)15(9-14)26-11-20-23-24-26/h3-4,9,11-12H,5-8,10H2,1-2H3,(H,21,27)(H,22,29). The van der Waals surface area contributed by atoms with E-state index in [9.17, 15) is 14.4 Å². The Bertz CT molecular complexity index is 949. The topological polar surface area (TPSA) is 122 Å². The lowest BCUT2D eigenvalue weighted by Gasteiger charge is -2.33. The van der Waals surface area contributed by atoms with E-state index in [0.717, 1.165) is 29.0 Å². The molecule has 2 fully saturated rings. The second-order valence-corrected chi connectivity index (χ2v) is 7.89. The average molecular weight is 397 g/mol. The fourth-order valence-corrected chi connectivity index (χ4v) is 3.96. The predicted molar refractivity (Wildman–Crippen MR) is 103 cm³/mol. The molecule has 29 heavy (non-hydrogen) atoms. The van der Waals surface area contributed by atoms with Crippen molar-refractivity contribution in [2.45, 2.75) is 45.1 Å². The van der Waals surface area contributed by atoms with Gasteiger partial charge in [0.1, 0.15) is 18.4 Å². The van der Waals surface area contributed by atoms with Gasteiger partial charge in [-0.05, 0) is 66.6 Å². The Morgan fingerprint density at radius 1 is 1.31 bits per heavy atom. The molecule has 0 bridgehead atoms. The molecule has 2 N–H and O–H groups in total. The maximum atomic E-state index is 12.9. The lowest BCUT2D eigenvalue weighted by molar-refractivity contribution is -0.135. The van der Waals surface area contributed by atoms with E-state index in [1.807, 2.05) is 13.0 Å². The van der Waals surface area contributed by atoms with Gasteiger partial charge in [-0.3, -0.25) is 14.5 Å². The molecule has 1 spiro atoms. The highest BCUT2D eigenvalue weighted by atomic mass is 16.2. The van der Waals surface area contributed by atoms with Crippen LogP contribution in [0.4, 0.5) is 10.5 Å². The van der Waals surface area contributed by atoms with E-state index in [2.05, 4.69) is 33.1 Å². The lowest BCUT2D eigenvalue weighted by Crippen LogP contribution is -2.49. The molecule has 152 valence electrons. The van der Waals surface area contributed by atoms with Crippen LogP contribution in [-0.4, -0.2) is 55.0 Å². The zero-order chi connectivity index (χ0) is 20.6. The number of nitrogens with zero attached hydrogens (tertiary/aromatic N) is 5. The second-order valence-electron chi connectivity index (χ2n) is 7.89. The van der Waals surface area contributed by atoms with Gasteiger partial charge in [-0.25, -0.2) is 9.48 Å². The number of nitrogens with one attached hydrogen (secondary N) is 2. The fraction of sp³-hybridized carbons (Fsp3) is 0.474. The minimum absolute atomic E-state index is 0.303. The van der Waals surface area contributed by atoms with Gasteiger partial charge in [-0.2, -0.15) is 0 Å². The van der Waals surface area contributed by atoms with Gasteiger partial charge in [0, 0.05) is 5.69 Å². The molecule has 1 saturated carbocycles. The quantitative estimate of drug-likeness (QED) is 0.752. The number of benzene rings is 1. The summed E-state index contributed by atoms with van der Waals surface area (Å²) in [5.74, 6) is -0.206. The molecule has 1 saturated heterocycles. The van der Waals surface area contributed by atoms with Gasteiger partial charge >= 0.3 is 6.03 Å². The third kappa shape index (κ3) is 3.57. The molecule has 0 radical (unpaired) electrons. The van der Waals surface area contributed by atoms with Crippen molar-refractivity contribution in [3.05, 3.63) is 30.1 Å². The summed E-state index contributed by atoms with van der Waals surface area (Å²) in [6, 6.07) is 4.81. The predicted octanol–water partition coefficient (Wildman–Crippen LogP) is 1.41. The number of urea groups is 1. The zero-order valence-corrected chi connectivity index (χ0v) is 16.4. The van der Waals surface area contributed by atoms with Crippen LogP contribution in [0.2, 0.25) is 0 Å². The van der Waals surface area contributed by atoms with Crippen molar-refractivity contribution in [1.82, 2.24) is 30.4 Å². The first-order valence-corrected chi connectivity index (χ1v) is 9.66. The first-order chi connectivity index (χ1) is 13.9. The summed E-state index contributed by atoms with van der Waals surface area (Å²) in [5.41, 5.74) is 1.33. The van der Waals surface area contributed by atoms with Crippen molar-refractivity contribution in [3.8, 4) is 5.69 Å². The van der Waals surface area contributed by atoms with Crippen LogP contribution >= 0.6 is 0 Å². The van der Waals surface area contributed by atoms with Crippen molar-refractivity contribution in [3.63, 3.8) is 0 Å². The van der Waals surface area contributed by atoms with Gasteiger partial charge in [0.15, 0.2) is 0 Å². The third-order valence-electron chi connectivity index (χ3n) is 5.76. The van der Waals surface area contributed by atoms with Gasteiger partial charge in [-0.15, -0.1) is 5.10 Å². The number of tetrazole rings is 1. The Morgan fingerprint density at radius 2 is 2.07 bits per heavy atom. The Hall–Kier alpha value is -3.30. The third-order valence-corrected chi connectivity index (χ3v) is 5.76. The SMILES string of the molecule is Cc1ccc(NC(=O)CN2C(=O)NC3(CCC(C)CC3)C2=O)cc1-n1cnnn1.